The van der Waals surface area contributed by atoms with E-state index in [1.54, 1.807) is 20.0 Å². The molecule has 2 rings (SSSR count). The molecule has 2 aromatic rings. The molecule has 0 aliphatic heterocycles. The molecule has 1 atom stereocenters. The summed E-state index contributed by atoms with van der Waals surface area (Å²) in [6.45, 7) is 2.12. The Morgan fingerprint density at radius 1 is 1.50 bits per heavy atom. The molecule has 1 heterocycles. The quantitative estimate of drug-likeness (QED) is 0.865. The van der Waals surface area contributed by atoms with E-state index in [-0.39, 0.29) is 0 Å². The number of fused-ring (bicyclic) bond motifs is 1. The first kappa shape index (κ1) is 11.5. The zero-order chi connectivity index (χ0) is 11.8. The van der Waals surface area contributed by atoms with Gasteiger partial charge in [-0.2, -0.15) is 0 Å². The van der Waals surface area contributed by atoms with Crippen LogP contribution in [-0.4, -0.2) is 18.7 Å². The number of halogens is 1. The molecular formula is C12H14ClNO2. The molecule has 0 fully saturated rings. The molecule has 0 radical (unpaired) electrons. The van der Waals surface area contributed by atoms with Gasteiger partial charge in [-0.05, 0) is 26.1 Å². The van der Waals surface area contributed by atoms with E-state index < -0.39 is 5.60 Å². The van der Waals surface area contributed by atoms with Gasteiger partial charge in [0.1, 0.15) is 11.4 Å². The lowest BCUT2D eigenvalue weighted by Gasteiger charge is -2.19. The van der Waals surface area contributed by atoms with Crippen LogP contribution in [0.25, 0.3) is 11.0 Å². The highest BCUT2D eigenvalue weighted by Gasteiger charge is 2.26. The van der Waals surface area contributed by atoms with Crippen molar-refractivity contribution in [3.63, 3.8) is 0 Å². The predicted octanol–water partition coefficient (Wildman–Crippen LogP) is 2.51. The van der Waals surface area contributed by atoms with Gasteiger partial charge < -0.3 is 14.8 Å². The molecule has 0 spiro atoms. The van der Waals surface area contributed by atoms with Crippen LogP contribution >= 0.6 is 11.6 Å². The molecule has 0 aliphatic rings. The minimum Gasteiger partial charge on any atom is -0.456 e. The van der Waals surface area contributed by atoms with Gasteiger partial charge in [-0.1, -0.05) is 23.7 Å². The van der Waals surface area contributed by atoms with Gasteiger partial charge in [-0.15, -0.1) is 0 Å². The molecule has 16 heavy (non-hydrogen) atoms. The Morgan fingerprint density at radius 2 is 2.25 bits per heavy atom. The van der Waals surface area contributed by atoms with Crippen LogP contribution in [0, 0.1) is 0 Å². The van der Waals surface area contributed by atoms with Gasteiger partial charge in [-0.25, -0.2) is 0 Å². The van der Waals surface area contributed by atoms with Crippen molar-refractivity contribution in [2.75, 3.05) is 13.6 Å². The van der Waals surface area contributed by atoms with Crippen LogP contribution in [0.4, 0.5) is 0 Å². The third kappa shape index (κ3) is 1.94. The zero-order valence-corrected chi connectivity index (χ0v) is 10.0. The summed E-state index contributed by atoms with van der Waals surface area (Å²) in [5, 5.41) is 14.6. The minimum absolute atomic E-state index is 0.421. The largest absolute Gasteiger partial charge is 0.456 e. The maximum atomic E-state index is 10.2. The fourth-order valence-electron chi connectivity index (χ4n) is 1.72. The van der Waals surface area contributed by atoms with Crippen LogP contribution in [0.5, 0.6) is 0 Å². The summed E-state index contributed by atoms with van der Waals surface area (Å²) in [6.07, 6.45) is 0. The number of para-hydroxylation sites is 1. The van der Waals surface area contributed by atoms with Crippen molar-refractivity contribution in [1.29, 1.82) is 0 Å². The lowest BCUT2D eigenvalue weighted by Crippen LogP contribution is -2.32. The summed E-state index contributed by atoms with van der Waals surface area (Å²) >= 11 is 6.01. The van der Waals surface area contributed by atoms with Crippen LogP contribution < -0.4 is 5.32 Å². The van der Waals surface area contributed by atoms with E-state index >= 15 is 0 Å². The molecule has 1 aromatic heterocycles. The number of furan rings is 1. The van der Waals surface area contributed by atoms with E-state index in [4.69, 9.17) is 16.0 Å². The molecule has 4 heteroatoms. The highest BCUT2D eigenvalue weighted by Crippen LogP contribution is 2.31. The summed E-state index contributed by atoms with van der Waals surface area (Å²) in [5.74, 6) is 0.518. The molecule has 0 amide bonds. The van der Waals surface area contributed by atoms with Crippen molar-refractivity contribution in [2.24, 2.45) is 0 Å². The van der Waals surface area contributed by atoms with Gasteiger partial charge in [0.2, 0.25) is 0 Å². The molecule has 1 aromatic carbocycles. The molecule has 0 aliphatic carbocycles. The van der Waals surface area contributed by atoms with Crippen molar-refractivity contribution in [1.82, 2.24) is 5.32 Å². The summed E-state index contributed by atoms with van der Waals surface area (Å²) in [4.78, 5) is 0. The molecule has 0 saturated carbocycles. The Balaban J connectivity index is 2.51. The third-order valence-electron chi connectivity index (χ3n) is 2.55. The van der Waals surface area contributed by atoms with E-state index in [9.17, 15) is 5.11 Å². The topological polar surface area (TPSA) is 45.4 Å². The Kier molecular flexibility index (Phi) is 2.93. The van der Waals surface area contributed by atoms with Gasteiger partial charge in [0.15, 0.2) is 5.58 Å². The lowest BCUT2D eigenvalue weighted by atomic mass is 10.0. The summed E-state index contributed by atoms with van der Waals surface area (Å²) in [5.41, 5.74) is -0.410. The van der Waals surface area contributed by atoms with Crippen molar-refractivity contribution in [2.45, 2.75) is 12.5 Å². The fourth-order valence-corrected chi connectivity index (χ4v) is 1.94. The highest BCUT2D eigenvalue weighted by atomic mass is 35.5. The van der Waals surface area contributed by atoms with E-state index in [2.05, 4.69) is 5.32 Å². The van der Waals surface area contributed by atoms with Crippen LogP contribution in [0.15, 0.2) is 28.7 Å². The Labute approximate surface area is 99.0 Å². The average molecular weight is 240 g/mol. The monoisotopic (exact) mass is 239 g/mol. The van der Waals surface area contributed by atoms with Crippen LogP contribution in [0.3, 0.4) is 0 Å². The van der Waals surface area contributed by atoms with Gasteiger partial charge >= 0.3 is 0 Å². The fraction of sp³-hybridized carbons (Fsp3) is 0.333. The second kappa shape index (κ2) is 4.09. The molecule has 1 unspecified atom stereocenters. The minimum atomic E-state index is -1.03. The number of hydrogen-bond donors (Lipinski definition) is 2. The van der Waals surface area contributed by atoms with Crippen LogP contribution in [0.1, 0.15) is 12.7 Å². The van der Waals surface area contributed by atoms with Crippen molar-refractivity contribution in [3.05, 3.63) is 35.0 Å². The number of likely N-dealkylation sites (N-methyl/N-ethyl adjacent to an activating group) is 1. The molecular weight excluding hydrogens is 226 g/mol. The second-order valence-corrected chi connectivity index (χ2v) is 4.48. The average Bonchev–Trinajstić information content (AvgIpc) is 2.63. The number of nitrogens with one attached hydrogen (secondary N) is 1. The number of hydrogen-bond acceptors (Lipinski definition) is 3. The third-order valence-corrected chi connectivity index (χ3v) is 2.85. The lowest BCUT2D eigenvalue weighted by molar-refractivity contribution is 0.0378. The van der Waals surface area contributed by atoms with Crippen LogP contribution in [-0.2, 0) is 5.60 Å². The smallest absolute Gasteiger partial charge is 0.153 e. The van der Waals surface area contributed by atoms with Gasteiger partial charge in [0.05, 0.1) is 5.02 Å². The van der Waals surface area contributed by atoms with Crippen molar-refractivity contribution < 1.29 is 9.52 Å². The first-order chi connectivity index (χ1) is 7.54. The number of benzene rings is 1. The molecule has 0 saturated heterocycles. The van der Waals surface area contributed by atoms with Gasteiger partial charge in [-0.3, -0.25) is 0 Å². The SMILES string of the molecule is CNCC(C)(O)c1cc2cccc(Cl)c2o1. The standard InChI is InChI=1S/C12H14ClNO2/c1-12(15,7-14-2)10-6-8-4-3-5-9(13)11(8)16-10/h3-6,14-15H,7H2,1-2H3. The van der Waals surface area contributed by atoms with Crippen molar-refractivity contribution >= 4 is 22.6 Å². The normalized spacial score (nSPS) is 15.2. The number of rotatable bonds is 3. The molecule has 86 valence electrons. The predicted molar refractivity (Wildman–Crippen MR) is 64.7 cm³/mol. The molecule has 0 bridgehead atoms. The van der Waals surface area contributed by atoms with Gasteiger partial charge in [0.25, 0.3) is 0 Å². The Hall–Kier alpha value is -1.03. The van der Waals surface area contributed by atoms with Crippen LogP contribution in [0.2, 0.25) is 5.02 Å². The first-order valence-electron chi connectivity index (χ1n) is 5.10. The Bertz CT molecular complexity index is 505. The number of aliphatic hydroxyl groups is 1. The van der Waals surface area contributed by atoms with Crippen molar-refractivity contribution in [3.8, 4) is 0 Å². The summed E-state index contributed by atoms with van der Waals surface area (Å²) in [7, 11) is 1.78. The molecule has 2 N–H and O–H groups in total. The second-order valence-electron chi connectivity index (χ2n) is 4.07. The van der Waals surface area contributed by atoms with E-state index in [1.165, 1.54) is 0 Å². The zero-order valence-electron chi connectivity index (χ0n) is 9.25. The highest BCUT2D eigenvalue weighted by molar-refractivity contribution is 6.34. The molecule has 3 nitrogen and oxygen atoms in total. The summed E-state index contributed by atoms with van der Waals surface area (Å²) in [6, 6.07) is 7.35. The first-order valence-corrected chi connectivity index (χ1v) is 5.48. The summed E-state index contributed by atoms with van der Waals surface area (Å²) < 4.78 is 5.59. The van der Waals surface area contributed by atoms with E-state index in [0.29, 0.717) is 22.9 Å². The van der Waals surface area contributed by atoms with E-state index in [0.717, 1.165) is 5.39 Å². The maximum absolute atomic E-state index is 10.2. The maximum Gasteiger partial charge on any atom is 0.153 e. The Morgan fingerprint density at radius 3 is 2.88 bits per heavy atom. The van der Waals surface area contributed by atoms with E-state index in [1.807, 2.05) is 18.2 Å². The van der Waals surface area contributed by atoms with Gasteiger partial charge in [0, 0.05) is 11.9 Å².